The highest BCUT2D eigenvalue weighted by Crippen LogP contribution is 2.18. The van der Waals surface area contributed by atoms with Crippen LogP contribution in [-0.4, -0.2) is 79.7 Å². The van der Waals surface area contributed by atoms with Gasteiger partial charge in [0.05, 0.1) is 25.2 Å². The molecular formula is C23H33N5O3S. The molecule has 1 atom stereocenters. The Labute approximate surface area is 191 Å². The lowest BCUT2D eigenvalue weighted by Crippen LogP contribution is -2.36. The second-order valence-electron chi connectivity index (χ2n) is 8.77. The number of benzene rings is 1. The quantitative estimate of drug-likeness (QED) is 0.597. The van der Waals surface area contributed by atoms with Crippen molar-refractivity contribution in [1.82, 2.24) is 19.2 Å². The molecule has 8 nitrogen and oxygen atoms in total. The Morgan fingerprint density at radius 1 is 1.03 bits per heavy atom. The summed E-state index contributed by atoms with van der Waals surface area (Å²) >= 11 is 0. The Bertz CT molecular complexity index is 967. The molecule has 4 rings (SSSR count). The fourth-order valence-electron chi connectivity index (χ4n) is 4.39. The maximum absolute atomic E-state index is 12.3. The summed E-state index contributed by atoms with van der Waals surface area (Å²) < 4.78 is 32.1. The first-order chi connectivity index (χ1) is 15.5. The highest BCUT2D eigenvalue weighted by molar-refractivity contribution is 7.88. The number of hydrogen-bond donors (Lipinski definition) is 0. The third-order valence-electron chi connectivity index (χ3n) is 6.05. The van der Waals surface area contributed by atoms with E-state index in [1.165, 1.54) is 19.1 Å². The molecule has 0 aliphatic carbocycles. The Morgan fingerprint density at radius 3 is 2.56 bits per heavy atom. The second-order valence-corrected chi connectivity index (χ2v) is 10.7. The summed E-state index contributed by atoms with van der Waals surface area (Å²) in [6.07, 6.45) is 5.49. The number of hydrogen-bond acceptors (Lipinski definition) is 7. The normalized spacial score (nSPS) is 21.0. The fraction of sp³-hybridized carbons (Fsp3) is 0.565. The lowest BCUT2D eigenvalue weighted by atomic mass is 10.1. The molecule has 0 unspecified atom stereocenters. The van der Waals surface area contributed by atoms with Gasteiger partial charge in [-0.1, -0.05) is 30.3 Å². The van der Waals surface area contributed by atoms with Gasteiger partial charge in [-0.3, -0.25) is 4.90 Å². The van der Waals surface area contributed by atoms with Crippen LogP contribution >= 0.6 is 0 Å². The SMILES string of the molecule is CS(=O)(=O)N1CCN(Cc2ccnc(N3CCCC3)n2)C[C@H](COCc2ccccc2)C1. The molecule has 0 radical (unpaired) electrons. The first-order valence-corrected chi connectivity index (χ1v) is 13.2. The number of nitrogens with zero attached hydrogens (tertiary/aromatic N) is 5. The monoisotopic (exact) mass is 459 g/mol. The molecule has 0 N–H and O–H groups in total. The number of aromatic nitrogens is 2. The molecule has 2 fully saturated rings. The summed E-state index contributed by atoms with van der Waals surface area (Å²) in [5, 5.41) is 0. The summed E-state index contributed by atoms with van der Waals surface area (Å²) in [6, 6.07) is 12.0. The van der Waals surface area contributed by atoms with Gasteiger partial charge in [-0.2, -0.15) is 0 Å². The molecule has 9 heteroatoms. The van der Waals surface area contributed by atoms with Crippen LogP contribution in [0.15, 0.2) is 42.6 Å². The van der Waals surface area contributed by atoms with Crippen molar-refractivity contribution in [2.75, 3.05) is 57.0 Å². The van der Waals surface area contributed by atoms with Gasteiger partial charge in [-0.05, 0) is 24.5 Å². The first-order valence-electron chi connectivity index (χ1n) is 11.3. The second kappa shape index (κ2) is 10.7. The molecule has 0 saturated carbocycles. The predicted molar refractivity (Wildman–Crippen MR) is 125 cm³/mol. The van der Waals surface area contributed by atoms with E-state index >= 15 is 0 Å². The van der Waals surface area contributed by atoms with E-state index in [0.29, 0.717) is 39.4 Å². The third-order valence-corrected chi connectivity index (χ3v) is 7.32. The molecule has 1 aromatic carbocycles. The van der Waals surface area contributed by atoms with E-state index in [9.17, 15) is 8.42 Å². The lowest BCUT2D eigenvalue weighted by molar-refractivity contribution is 0.0724. The van der Waals surface area contributed by atoms with Gasteiger partial charge >= 0.3 is 0 Å². The number of ether oxygens (including phenoxy) is 1. The Kier molecular flexibility index (Phi) is 7.72. The zero-order chi connectivity index (χ0) is 22.4. The molecule has 0 bridgehead atoms. The first kappa shape index (κ1) is 23.1. The molecule has 3 heterocycles. The minimum Gasteiger partial charge on any atom is -0.376 e. The van der Waals surface area contributed by atoms with Crippen LogP contribution in [0, 0.1) is 5.92 Å². The van der Waals surface area contributed by atoms with Crippen LogP contribution in [0.3, 0.4) is 0 Å². The minimum atomic E-state index is -3.25. The maximum Gasteiger partial charge on any atom is 0.225 e. The van der Waals surface area contributed by atoms with Crippen LogP contribution in [0.1, 0.15) is 24.1 Å². The number of rotatable bonds is 8. The van der Waals surface area contributed by atoms with Crippen molar-refractivity contribution in [2.45, 2.75) is 26.0 Å². The Balaban J connectivity index is 1.40. The molecule has 32 heavy (non-hydrogen) atoms. The molecule has 2 aliphatic heterocycles. The van der Waals surface area contributed by atoms with Gasteiger partial charge in [-0.25, -0.2) is 22.7 Å². The number of sulfonamides is 1. The standard InChI is InChI=1S/C23H33N5O3S/c1-32(29,30)28-14-13-26(15-21(16-28)19-31-18-20-7-3-2-4-8-20)17-22-9-10-24-23(25-22)27-11-5-6-12-27/h2-4,7-10,21H,5-6,11-19H2,1H3/t21-/m0/s1. The van der Waals surface area contributed by atoms with Gasteiger partial charge in [-0.15, -0.1) is 0 Å². The summed E-state index contributed by atoms with van der Waals surface area (Å²) in [5.74, 6) is 0.895. The fourth-order valence-corrected chi connectivity index (χ4v) is 5.28. The Morgan fingerprint density at radius 2 is 1.81 bits per heavy atom. The van der Waals surface area contributed by atoms with Crippen LogP contribution in [0.25, 0.3) is 0 Å². The van der Waals surface area contributed by atoms with Crippen LogP contribution in [0.4, 0.5) is 5.95 Å². The maximum atomic E-state index is 12.3. The van der Waals surface area contributed by atoms with Crippen LogP contribution in [0.5, 0.6) is 0 Å². The highest BCUT2D eigenvalue weighted by Gasteiger charge is 2.28. The van der Waals surface area contributed by atoms with Crippen molar-refractivity contribution in [3.8, 4) is 0 Å². The van der Waals surface area contributed by atoms with E-state index in [4.69, 9.17) is 9.72 Å². The van der Waals surface area contributed by atoms with E-state index < -0.39 is 10.0 Å². The smallest absolute Gasteiger partial charge is 0.225 e. The van der Waals surface area contributed by atoms with Gasteiger partial charge < -0.3 is 9.64 Å². The topological polar surface area (TPSA) is 78.9 Å². The van der Waals surface area contributed by atoms with E-state index in [2.05, 4.69) is 14.8 Å². The van der Waals surface area contributed by atoms with E-state index in [1.807, 2.05) is 42.6 Å². The zero-order valence-corrected chi connectivity index (χ0v) is 19.6. The van der Waals surface area contributed by atoms with Crippen molar-refractivity contribution in [1.29, 1.82) is 0 Å². The number of anilines is 1. The third kappa shape index (κ3) is 6.48. The lowest BCUT2D eigenvalue weighted by Gasteiger charge is -2.24. The van der Waals surface area contributed by atoms with Crippen LogP contribution in [0.2, 0.25) is 0 Å². The molecule has 2 aliphatic rings. The molecule has 2 saturated heterocycles. The van der Waals surface area contributed by atoms with E-state index in [1.54, 1.807) is 4.31 Å². The van der Waals surface area contributed by atoms with Crippen molar-refractivity contribution < 1.29 is 13.2 Å². The molecule has 1 aromatic heterocycles. The largest absolute Gasteiger partial charge is 0.376 e. The van der Waals surface area contributed by atoms with Gasteiger partial charge in [0.1, 0.15) is 0 Å². The average Bonchev–Trinajstić information content (AvgIpc) is 3.23. The van der Waals surface area contributed by atoms with Gasteiger partial charge in [0.2, 0.25) is 16.0 Å². The summed E-state index contributed by atoms with van der Waals surface area (Å²) in [4.78, 5) is 13.8. The van der Waals surface area contributed by atoms with Gasteiger partial charge in [0, 0.05) is 57.9 Å². The van der Waals surface area contributed by atoms with Crippen LogP contribution in [-0.2, 0) is 27.9 Å². The molecule has 174 valence electrons. The van der Waals surface area contributed by atoms with Crippen molar-refractivity contribution in [2.24, 2.45) is 5.92 Å². The molecule has 2 aromatic rings. The highest BCUT2D eigenvalue weighted by atomic mass is 32.2. The van der Waals surface area contributed by atoms with Crippen molar-refractivity contribution >= 4 is 16.0 Å². The molecule has 0 spiro atoms. The summed E-state index contributed by atoms with van der Waals surface area (Å²) in [7, 11) is -3.25. The molecular weight excluding hydrogens is 426 g/mol. The van der Waals surface area contributed by atoms with Gasteiger partial charge in [0.15, 0.2) is 0 Å². The summed E-state index contributed by atoms with van der Waals surface area (Å²) in [5.41, 5.74) is 2.09. The summed E-state index contributed by atoms with van der Waals surface area (Å²) in [6.45, 7) is 6.15. The van der Waals surface area contributed by atoms with Crippen molar-refractivity contribution in [3.05, 3.63) is 53.9 Å². The van der Waals surface area contributed by atoms with E-state index in [-0.39, 0.29) is 5.92 Å². The zero-order valence-electron chi connectivity index (χ0n) is 18.8. The minimum absolute atomic E-state index is 0.0934. The van der Waals surface area contributed by atoms with Crippen LogP contribution < -0.4 is 4.90 Å². The van der Waals surface area contributed by atoms with Crippen molar-refractivity contribution in [3.63, 3.8) is 0 Å². The Hall–Kier alpha value is -2.07. The average molecular weight is 460 g/mol. The molecule has 0 amide bonds. The van der Waals surface area contributed by atoms with E-state index in [0.717, 1.165) is 36.8 Å². The van der Waals surface area contributed by atoms with Gasteiger partial charge in [0.25, 0.3) is 0 Å². The predicted octanol–water partition coefficient (Wildman–Crippen LogP) is 1.99.